The summed E-state index contributed by atoms with van der Waals surface area (Å²) < 4.78 is 2.22. The summed E-state index contributed by atoms with van der Waals surface area (Å²) in [6.07, 6.45) is 1.85. The average molecular weight is 294 g/mol. The third kappa shape index (κ3) is 2.81. The first-order chi connectivity index (χ1) is 9.95. The third-order valence-electron chi connectivity index (χ3n) is 3.14. The first kappa shape index (κ1) is 14.8. The lowest BCUT2D eigenvalue weighted by Gasteiger charge is -2.03. The molecular formula is C12H18N6O3. The molecule has 0 unspecified atom stereocenters. The van der Waals surface area contributed by atoms with Gasteiger partial charge in [0.2, 0.25) is 5.95 Å². The summed E-state index contributed by atoms with van der Waals surface area (Å²) in [5.74, 6) is 0.122. The van der Waals surface area contributed by atoms with Gasteiger partial charge in [-0.05, 0) is 6.42 Å². The van der Waals surface area contributed by atoms with Gasteiger partial charge in [0.1, 0.15) is 0 Å². The van der Waals surface area contributed by atoms with E-state index in [9.17, 15) is 14.4 Å². The molecule has 0 atom stereocenters. The fourth-order valence-electron chi connectivity index (χ4n) is 1.92. The van der Waals surface area contributed by atoms with Crippen molar-refractivity contribution in [3.8, 4) is 0 Å². The predicted molar refractivity (Wildman–Crippen MR) is 78.5 cm³/mol. The van der Waals surface area contributed by atoms with E-state index in [1.807, 2.05) is 6.92 Å². The van der Waals surface area contributed by atoms with Crippen molar-refractivity contribution in [1.29, 1.82) is 0 Å². The fourth-order valence-corrected chi connectivity index (χ4v) is 1.92. The van der Waals surface area contributed by atoms with Crippen LogP contribution in [-0.2, 0) is 14.1 Å². The molecule has 114 valence electrons. The van der Waals surface area contributed by atoms with E-state index in [1.54, 1.807) is 0 Å². The van der Waals surface area contributed by atoms with Crippen LogP contribution >= 0.6 is 0 Å². The Labute approximate surface area is 120 Å². The molecule has 0 spiro atoms. The number of hydrogen-bond donors (Lipinski definition) is 3. The fraction of sp³-hybridized carbons (Fsp3) is 0.500. The number of H-pyrrole nitrogens is 1. The van der Waals surface area contributed by atoms with Crippen molar-refractivity contribution in [2.45, 2.75) is 19.8 Å². The number of aromatic nitrogens is 4. The van der Waals surface area contributed by atoms with Gasteiger partial charge in [0, 0.05) is 20.6 Å². The highest BCUT2D eigenvalue weighted by atomic mass is 16.2. The molecule has 0 aromatic carbocycles. The maximum Gasteiger partial charge on any atom is 0.332 e. The molecule has 3 N–H and O–H groups in total. The van der Waals surface area contributed by atoms with Gasteiger partial charge in [0.05, 0.1) is 0 Å². The van der Waals surface area contributed by atoms with Gasteiger partial charge in [-0.15, -0.1) is 0 Å². The Bertz CT molecular complexity index is 785. The Morgan fingerprint density at radius 3 is 2.67 bits per heavy atom. The molecule has 0 aliphatic rings. The van der Waals surface area contributed by atoms with Crippen LogP contribution < -0.4 is 21.9 Å². The number of anilines is 1. The second-order valence-corrected chi connectivity index (χ2v) is 4.72. The molecule has 0 saturated heterocycles. The van der Waals surface area contributed by atoms with Gasteiger partial charge >= 0.3 is 11.7 Å². The monoisotopic (exact) mass is 294 g/mol. The Hall–Kier alpha value is -2.58. The van der Waals surface area contributed by atoms with Gasteiger partial charge in [-0.25, -0.2) is 9.59 Å². The molecule has 0 radical (unpaired) electrons. The maximum absolute atomic E-state index is 12.0. The topological polar surface area (TPSA) is 114 Å². The number of rotatable bonds is 4. The van der Waals surface area contributed by atoms with Gasteiger partial charge in [0.15, 0.2) is 11.2 Å². The van der Waals surface area contributed by atoms with Crippen LogP contribution in [0.5, 0.6) is 0 Å². The van der Waals surface area contributed by atoms with E-state index >= 15 is 0 Å². The number of amides is 2. The normalized spacial score (nSPS) is 10.8. The molecule has 0 aliphatic heterocycles. The number of fused-ring (bicyclic) bond motifs is 1. The summed E-state index contributed by atoms with van der Waals surface area (Å²) in [6.45, 7) is 2.58. The molecule has 0 fully saturated rings. The van der Waals surface area contributed by atoms with Crippen LogP contribution in [0.2, 0.25) is 0 Å². The van der Waals surface area contributed by atoms with Crippen LogP contribution in [0.1, 0.15) is 19.8 Å². The quantitative estimate of drug-likeness (QED) is 0.682. The second kappa shape index (κ2) is 5.81. The molecule has 9 heteroatoms. The molecule has 21 heavy (non-hydrogen) atoms. The van der Waals surface area contributed by atoms with Gasteiger partial charge in [-0.2, -0.15) is 4.98 Å². The minimum Gasteiger partial charge on any atom is -0.338 e. The highest BCUT2D eigenvalue weighted by molar-refractivity contribution is 5.89. The summed E-state index contributed by atoms with van der Waals surface area (Å²) >= 11 is 0. The first-order valence-electron chi connectivity index (χ1n) is 6.66. The summed E-state index contributed by atoms with van der Waals surface area (Å²) in [7, 11) is 2.89. The first-order valence-corrected chi connectivity index (χ1v) is 6.66. The summed E-state index contributed by atoms with van der Waals surface area (Å²) in [4.78, 5) is 42.2. The molecule has 2 aromatic rings. The lowest BCUT2D eigenvalue weighted by atomic mass is 10.3. The zero-order valence-corrected chi connectivity index (χ0v) is 12.2. The highest BCUT2D eigenvalue weighted by Crippen LogP contribution is 2.07. The van der Waals surface area contributed by atoms with Crippen LogP contribution in [0.3, 0.4) is 0 Å². The van der Waals surface area contributed by atoms with E-state index in [2.05, 4.69) is 20.6 Å². The van der Waals surface area contributed by atoms with E-state index in [4.69, 9.17) is 0 Å². The van der Waals surface area contributed by atoms with Crippen molar-refractivity contribution in [2.24, 2.45) is 14.1 Å². The minimum absolute atomic E-state index is 0.122. The van der Waals surface area contributed by atoms with Crippen molar-refractivity contribution >= 4 is 23.1 Å². The van der Waals surface area contributed by atoms with Gasteiger partial charge in [0.25, 0.3) is 5.56 Å². The summed E-state index contributed by atoms with van der Waals surface area (Å²) in [5.41, 5.74) is -0.589. The van der Waals surface area contributed by atoms with Gasteiger partial charge < -0.3 is 10.3 Å². The number of aryl methyl sites for hydroxylation is 1. The molecule has 2 amide bonds. The number of aromatic amines is 1. The summed E-state index contributed by atoms with van der Waals surface area (Å²) in [6, 6.07) is -0.413. The van der Waals surface area contributed by atoms with E-state index in [0.29, 0.717) is 6.54 Å². The maximum atomic E-state index is 12.0. The number of unbranched alkanes of at least 4 members (excludes halogenated alkanes) is 1. The minimum atomic E-state index is -0.486. The molecular weight excluding hydrogens is 276 g/mol. The summed E-state index contributed by atoms with van der Waals surface area (Å²) in [5, 5.41) is 5.17. The van der Waals surface area contributed by atoms with E-state index < -0.39 is 17.3 Å². The number of nitrogens with one attached hydrogen (secondary N) is 3. The van der Waals surface area contributed by atoms with Crippen molar-refractivity contribution in [3.63, 3.8) is 0 Å². The number of imidazole rings is 1. The molecule has 0 bridgehead atoms. The van der Waals surface area contributed by atoms with Crippen LogP contribution in [0, 0.1) is 0 Å². The van der Waals surface area contributed by atoms with Crippen LogP contribution in [0.15, 0.2) is 9.59 Å². The number of hydrogen-bond acceptors (Lipinski definition) is 4. The Morgan fingerprint density at radius 1 is 1.29 bits per heavy atom. The Balaban J connectivity index is 2.30. The van der Waals surface area contributed by atoms with Crippen LogP contribution in [0.25, 0.3) is 11.2 Å². The molecule has 2 aromatic heterocycles. The lowest BCUT2D eigenvalue weighted by Crippen LogP contribution is -2.36. The molecule has 9 nitrogen and oxygen atoms in total. The SMILES string of the molecule is CCCCNC(=O)Nc1nc2c([nH]1)c(=O)n(C)c(=O)n2C. The molecule has 2 heterocycles. The lowest BCUT2D eigenvalue weighted by molar-refractivity contribution is 0.252. The largest absolute Gasteiger partial charge is 0.338 e. The van der Waals surface area contributed by atoms with Crippen molar-refractivity contribution in [2.75, 3.05) is 11.9 Å². The van der Waals surface area contributed by atoms with Gasteiger partial charge in [-0.3, -0.25) is 19.2 Å². The average Bonchev–Trinajstić information content (AvgIpc) is 2.87. The number of carbonyl (C=O) groups is 1. The third-order valence-corrected chi connectivity index (χ3v) is 3.14. The smallest absolute Gasteiger partial charge is 0.332 e. The van der Waals surface area contributed by atoms with E-state index in [-0.39, 0.29) is 17.1 Å². The van der Waals surface area contributed by atoms with Crippen molar-refractivity contribution < 1.29 is 4.79 Å². The van der Waals surface area contributed by atoms with Crippen LogP contribution in [-0.4, -0.2) is 31.7 Å². The van der Waals surface area contributed by atoms with Crippen LogP contribution in [0.4, 0.5) is 10.7 Å². The Morgan fingerprint density at radius 2 is 2.00 bits per heavy atom. The molecule has 0 saturated carbocycles. The zero-order valence-electron chi connectivity index (χ0n) is 12.2. The number of urea groups is 1. The Kier molecular flexibility index (Phi) is 4.10. The standard InChI is InChI=1S/C12H18N6O3/c1-4-5-6-13-11(20)16-10-14-7-8(15-10)17(2)12(21)18(3)9(7)19/h4-6H2,1-3H3,(H3,13,14,15,16,20). The predicted octanol–water partition coefficient (Wildman–Crippen LogP) is -0.118. The van der Waals surface area contributed by atoms with E-state index in [0.717, 1.165) is 17.4 Å². The zero-order chi connectivity index (χ0) is 15.6. The van der Waals surface area contributed by atoms with E-state index in [1.165, 1.54) is 18.7 Å². The van der Waals surface area contributed by atoms with Crippen molar-refractivity contribution in [3.05, 3.63) is 20.8 Å². The molecule has 0 aliphatic carbocycles. The second-order valence-electron chi connectivity index (χ2n) is 4.72. The molecule has 2 rings (SSSR count). The number of carbonyl (C=O) groups excluding carboxylic acids is 1. The number of nitrogens with zero attached hydrogens (tertiary/aromatic N) is 3. The van der Waals surface area contributed by atoms with Gasteiger partial charge in [-0.1, -0.05) is 13.3 Å². The highest BCUT2D eigenvalue weighted by Gasteiger charge is 2.14. The van der Waals surface area contributed by atoms with Crippen molar-refractivity contribution in [1.82, 2.24) is 24.4 Å².